The monoisotopic (exact) mass is 498 g/mol. The third kappa shape index (κ3) is 6.33. The SMILES string of the molecule is Cc1ccn([C@@H]2O[C@H](COP(=O)(O)OP(=O)(O)OP(=O)(O)O)C(O)[C@@]2(C)F)c(=O)n1. The summed E-state index contributed by atoms with van der Waals surface area (Å²) in [4.78, 5) is 51.0. The van der Waals surface area contributed by atoms with Gasteiger partial charge in [0.25, 0.3) is 0 Å². The lowest BCUT2D eigenvalue weighted by molar-refractivity contribution is -0.0604. The largest absolute Gasteiger partial charge is 0.490 e. The first-order chi connectivity index (χ1) is 13.4. The molecule has 2 rings (SSSR count). The first-order valence-electron chi connectivity index (χ1n) is 7.80. The van der Waals surface area contributed by atoms with Gasteiger partial charge in [0.1, 0.15) is 12.2 Å². The number of aliphatic hydroxyl groups is 1. The molecule has 0 radical (unpaired) electrons. The highest BCUT2D eigenvalue weighted by Crippen LogP contribution is 2.66. The summed E-state index contributed by atoms with van der Waals surface area (Å²) in [6.45, 7) is 1.31. The second kappa shape index (κ2) is 8.58. The lowest BCUT2D eigenvalue weighted by atomic mass is 9.98. The quantitative estimate of drug-likeness (QED) is 0.295. The van der Waals surface area contributed by atoms with Crippen LogP contribution in [0.1, 0.15) is 18.8 Å². The highest BCUT2D eigenvalue weighted by molar-refractivity contribution is 7.66. The van der Waals surface area contributed by atoms with Gasteiger partial charge in [0.05, 0.1) is 6.61 Å². The van der Waals surface area contributed by atoms with Crippen LogP contribution in [0.3, 0.4) is 0 Å². The topological polar surface area (TPSA) is 224 Å². The van der Waals surface area contributed by atoms with Crippen molar-refractivity contribution in [1.82, 2.24) is 9.55 Å². The number of aliphatic hydroxyl groups excluding tert-OH is 1. The standard InChI is InChI=1S/C11H18FN2O13P3/c1-6-3-4-14(10(16)13-6)9-11(2,12)8(15)7(25-9)5-24-29(20,21)27-30(22,23)26-28(17,18)19/h3-4,7-9,15H,5H2,1-2H3,(H,20,21)(H,22,23)(H2,17,18,19)/t7-,8?,9-,11-/m1/s1. The van der Waals surface area contributed by atoms with Crippen LogP contribution in [0.2, 0.25) is 0 Å². The molecule has 1 aromatic heterocycles. The predicted molar refractivity (Wildman–Crippen MR) is 92.5 cm³/mol. The highest BCUT2D eigenvalue weighted by Gasteiger charge is 2.56. The van der Waals surface area contributed by atoms with Crippen LogP contribution in [0.25, 0.3) is 0 Å². The molecule has 0 amide bonds. The number of alkyl halides is 1. The van der Waals surface area contributed by atoms with E-state index in [1.807, 2.05) is 0 Å². The number of phosphoric acid groups is 3. The van der Waals surface area contributed by atoms with E-state index in [1.54, 1.807) is 0 Å². The number of rotatable bonds is 8. The van der Waals surface area contributed by atoms with Gasteiger partial charge in [-0.25, -0.2) is 22.9 Å². The molecule has 1 aliphatic heterocycles. The minimum Gasteiger partial charge on any atom is -0.387 e. The molecule has 1 aliphatic rings. The van der Waals surface area contributed by atoms with Crippen molar-refractivity contribution >= 4 is 23.5 Å². The van der Waals surface area contributed by atoms with Crippen molar-refractivity contribution in [1.29, 1.82) is 0 Å². The van der Waals surface area contributed by atoms with Gasteiger partial charge in [-0.1, -0.05) is 0 Å². The van der Waals surface area contributed by atoms with Crippen molar-refractivity contribution in [3.63, 3.8) is 0 Å². The number of phosphoric ester groups is 1. The molecule has 0 spiro atoms. The van der Waals surface area contributed by atoms with Crippen LogP contribution < -0.4 is 5.69 Å². The van der Waals surface area contributed by atoms with Gasteiger partial charge in [0, 0.05) is 11.9 Å². The average molecular weight is 498 g/mol. The Hall–Kier alpha value is -0.860. The van der Waals surface area contributed by atoms with Gasteiger partial charge in [-0.15, -0.1) is 0 Å². The van der Waals surface area contributed by atoms with Crippen LogP contribution >= 0.6 is 23.5 Å². The summed E-state index contributed by atoms with van der Waals surface area (Å²) in [6.07, 6.45) is -4.21. The number of hydrogen-bond acceptors (Lipinski definition) is 10. The number of aromatic nitrogens is 2. The zero-order chi connectivity index (χ0) is 23.1. The lowest BCUT2D eigenvalue weighted by Gasteiger charge is -2.24. The van der Waals surface area contributed by atoms with Gasteiger partial charge in [0.15, 0.2) is 11.9 Å². The van der Waals surface area contributed by atoms with E-state index < -0.39 is 59.9 Å². The summed E-state index contributed by atoms with van der Waals surface area (Å²) in [7, 11) is -16.8. The van der Waals surface area contributed by atoms with E-state index in [4.69, 9.17) is 19.4 Å². The van der Waals surface area contributed by atoms with Gasteiger partial charge in [0.2, 0.25) is 0 Å². The first-order valence-corrected chi connectivity index (χ1v) is 12.3. The Morgan fingerprint density at radius 3 is 2.37 bits per heavy atom. The maximum atomic E-state index is 15.0. The summed E-state index contributed by atoms with van der Waals surface area (Å²) in [6, 6.07) is 1.37. The maximum Gasteiger partial charge on any atom is 0.490 e. The van der Waals surface area contributed by atoms with E-state index in [0.717, 1.165) is 17.7 Å². The number of nitrogens with zero attached hydrogens (tertiary/aromatic N) is 2. The summed E-state index contributed by atoms with van der Waals surface area (Å²) in [5.74, 6) is 0. The summed E-state index contributed by atoms with van der Waals surface area (Å²) in [5.41, 5.74) is -3.16. The van der Waals surface area contributed by atoms with E-state index in [-0.39, 0.29) is 0 Å². The van der Waals surface area contributed by atoms with Crippen molar-refractivity contribution in [2.45, 2.75) is 38.0 Å². The van der Waals surface area contributed by atoms with Crippen LogP contribution in [0, 0.1) is 6.92 Å². The first kappa shape index (κ1) is 25.4. The highest BCUT2D eigenvalue weighted by atomic mass is 31.3. The summed E-state index contributed by atoms with van der Waals surface area (Å²) < 4.78 is 65.9. The molecule has 0 aliphatic carbocycles. The van der Waals surface area contributed by atoms with E-state index in [1.165, 1.54) is 13.0 Å². The number of ether oxygens (including phenoxy) is 1. The molecule has 3 unspecified atom stereocenters. The Balaban J connectivity index is 2.12. The van der Waals surface area contributed by atoms with E-state index in [9.17, 15) is 32.9 Å². The van der Waals surface area contributed by atoms with Crippen LogP contribution in [-0.4, -0.2) is 58.7 Å². The molecule has 19 heteroatoms. The fourth-order valence-electron chi connectivity index (χ4n) is 2.50. The van der Waals surface area contributed by atoms with Crippen molar-refractivity contribution in [3.8, 4) is 0 Å². The molecule has 15 nitrogen and oxygen atoms in total. The van der Waals surface area contributed by atoms with Gasteiger partial charge < -0.3 is 29.4 Å². The molecule has 0 bridgehead atoms. The Labute approximate surface area is 167 Å². The van der Waals surface area contributed by atoms with Gasteiger partial charge in [-0.05, 0) is 19.9 Å². The second-order valence-electron chi connectivity index (χ2n) is 6.27. The van der Waals surface area contributed by atoms with Crippen molar-refractivity contribution in [3.05, 3.63) is 28.4 Å². The van der Waals surface area contributed by atoms with E-state index >= 15 is 0 Å². The fraction of sp³-hybridized carbons (Fsp3) is 0.636. The molecular formula is C11H18FN2O13P3. The molecule has 30 heavy (non-hydrogen) atoms. The number of halogens is 1. The fourth-order valence-corrected chi connectivity index (χ4v) is 5.53. The smallest absolute Gasteiger partial charge is 0.387 e. The Bertz CT molecular complexity index is 993. The Kier molecular flexibility index (Phi) is 7.27. The molecule has 6 atom stereocenters. The van der Waals surface area contributed by atoms with E-state index in [2.05, 4.69) is 18.1 Å². The average Bonchev–Trinajstić information content (AvgIpc) is 2.73. The molecular weight excluding hydrogens is 480 g/mol. The minimum absolute atomic E-state index is 0.333. The van der Waals surface area contributed by atoms with Crippen LogP contribution in [-0.2, 0) is 31.6 Å². The molecule has 0 aromatic carbocycles. The van der Waals surface area contributed by atoms with Crippen LogP contribution in [0.5, 0.6) is 0 Å². The zero-order valence-electron chi connectivity index (χ0n) is 15.2. The molecule has 5 N–H and O–H groups in total. The molecule has 2 heterocycles. The van der Waals surface area contributed by atoms with Gasteiger partial charge >= 0.3 is 29.2 Å². The predicted octanol–water partition coefficient (Wildman–Crippen LogP) is -0.118. The van der Waals surface area contributed by atoms with Crippen molar-refractivity contribution < 1.29 is 60.6 Å². The zero-order valence-corrected chi connectivity index (χ0v) is 17.9. The van der Waals surface area contributed by atoms with E-state index in [0.29, 0.717) is 5.69 Å². The molecule has 0 saturated carbocycles. The second-order valence-corrected chi connectivity index (χ2v) is 10.7. The maximum absolute atomic E-state index is 15.0. The Morgan fingerprint density at radius 1 is 1.23 bits per heavy atom. The van der Waals surface area contributed by atoms with Crippen LogP contribution in [0.4, 0.5) is 4.39 Å². The number of hydrogen-bond donors (Lipinski definition) is 5. The molecule has 1 fully saturated rings. The summed E-state index contributed by atoms with van der Waals surface area (Å²) >= 11 is 0. The summed E-state index contributed by atoms with van der Waals surface area (Å²) in [5, 5.41) is 10.1. The van der Waals surface area contributed by atoms with Crippen molar-refractivity contribution in [2.24, 2.45) is 0 Å². The normalized spacial score (nSPS) is 31.3. The van der Waals surface area contributed by atoms with Gasteiger partial charge in [-0.2, -0.15) is 13.6 Å². The van der Waals surface area contributed by atoms with Gasteiger partial charge in [-0.3, -0.25) is 9.09 Å². The number of aryl methyl sites for hydroxylation is 1. The minimum atomic E-state index is -5.74. The Morgan fingerprint density at radius 2 is 1.83 bits per heavy atom. The van der Waals surface area contributed by atoms with Crippen LogP contribution in [0.15, 0.2) is 17.1 Å². The molecule has 172 valence electrons. The molecule has 1 saturated heterocycles. The lowest BCUT2D eigenvalue weighted by Crippen LogP contribution is -2.43. The third-order valence-corrected chi connectivity index (χ3v) is 7.56. The molecule has 1 aromatic rings. The van der Waals surface area contributed by atoms with Crippen molar-refractivity contribution in [2.75, 3.05) is 6.61 Å². The third-order valence-electron chi connectivity index (χ3n) is 3.76.